The van der Waals surface area contributed by atoms with Crippen molar-refractivity contribution in [1.82, 2.24) is 0 Å². The molecular formula is C24H42O2Si. The monoisotopic (exact) mass is 390 g/mol. The van der Waals surface area contributed by atoms with E-state index in [9.17, 15) is 4.79 Å². The number of Topliss-reactive ketones (excluding diaryl/α,β-unsaturated/α-hetero) is 1. The summed E-state index contributed by atoms with van der Waals surface area (Å²) >= 11 is 0. The van der Waals surface area contributed by atoms with Crippen molar-refractivity contribution in [1.29, 1.82) is 0 Å². The van der Waals surface area contributed by atoms with Gasteiger partial charge in [-0.2, -0.15) is 0 Å². The van der Waals surface area contributed by atoms with Crippen LogP contribution >= 0.6 is 0 Å². The molecule has 154 valence electrons. The molecule has 4 aliphatic rings. The molecule has 0 radical (unpaired) electrons. The van der Waals surface area contributed by atoms with Gasteiger partial charge in [0.15, 0.2) is 8.32 Å². The van der Waals surface area contributed by atoms with Crippen LogP contribution < -0.4 is 0 Å². The van der Waals surface area contributed by atoms with Gasteiger partial charge in [-0.15, -0.1) is 0 Å². The Labute approximate surface area is 168 Å². The molecule has 27 heavy (non-hydrogen) atoms. The lowest BCUT2D eigenvalue weighted by Crippen LogP contribution is -2.54. The molecule has 8 atom stereocenters. The molecule has 0 aliphatic heterocycles. The van der Waals surface area contributed by atoms with Crippen LogP contribution in [0, 0.1) is 40.4 Å². The predicted molar refractivity (Wildman–Crippen MR) is 114 cm³/mol. The molecule has 0 aromatic carbocycles. The number of ketones is 1. The third-order valence-electron chi connectivity index (χ3n) is 9.63. The third kappa shape index (κ3) is 3.29. The van der Waals surface area contributed by atoms with Gasteiger partial charge in [0.05, 0.1) is 0 Å². The first-order valence-electron chi connectivity index (χ1n) is 11.7. The van der Waals surface area contributed by atoms with Gasteiger partial charge >= 0.3 is 0 Å². The minimum Gasteiger partial charge on any atom is -0.415 e. The van der Waals surface area contributed by atoms with Gasteiger partial charge in [0.1, 0.15) is 5.78 Å². The lowest BCUT2D eigenvalue weighted by molar-refractivity contribution is -0.137. The minimum atomic E-state index is -1.44. The Morgan fingerprint density at radius 3 is 2.22 bits per heavy atom. The summed E-state index contributed by atoms with van der Waals surface area (Å²) in [5, 5.41) is 0. The molecule has 0 aromatic heterocycles. The smallest absolute Gasteiger partial charge is 0.184 e. The number of hydrogen-bond acceptors (Lipinski definition) is 2. The van der Waals surface area contributed by atoms with E-state index in [1.54, 1.807) is 0 Å². The second kappa shape index (κ2) is 6.69. The van der Waals surface area contributed by atoms with Crippen molar-refractivity contribution in [2.24, 2.45) is 40.4 Å². The summed E-state index contributed by atoms with van der Waals surface area (Å²) in [6.07, 6.45) is 12.4. The number of carbonyl (C=O) groups excluding carboxylic acids is 1. The Balaban J connectivity index is 1.52. The SMILES string of the molecule is CC(=O)[C@H]1CCC2C3CC[C@H]4C[C@@H](O[Si](C)(C)C)CC[C@]4(C)C3CC[C@@]21C. The fraction of sp³-hybridized carbons (Fsp3) is 0.958. The fourth-order valence-corrected chi connectivity index (χ4v) is 9.71. The molecule has 3 unspecified atom stereocenters. The first-order chi connectivity index (χ1) is 12.5. The molecule has 3 heteroatoms. The van der Waals surface area contributed by atoms with Crippen molar-refractivity contribution in [3.63, 3.8) is 0 Å². The van der Waals surface area contributed by atoms with E-state index in [2.05, 4.69) is 33.5 Å². The lowest BCUT2D eigenvalue weighted by Gasteiger charge is -2.61. The van der Waals surface area contributed by atoms with Crippen molar-refractivity contribution in [3.05, 3.63) is 0 Å². The zero-order valence-corrected chi connectivity index (χ0v) is 19.6. The van der Waals surface area contributed by atoms with Crippen molar-refractivity contribution in [3.8, 4) is 0 Å². The van der Waals surface area contributed by atoms with Gasteiger partial charge in [0.25, 0.3) is 0 Å². The van der Waals surface area contributed by atoms with Gasteiger partial charge in [-0.1, -0.05) is 13.8 Å². The summed E-state index contributed by atoms with van der Waals surface area (Å²) in [6.45, 7) is 14.0. The summed E-state index contributed by atoms with van der Waals surface area (Å²) in [6, 6.07) is 0. The van der Waals surface area contributed by atoms with Crippen LogP contribution in [-0.4, -0.2) is 20.2 Å². The van der Waals surface area contributed by atoms with Gasteiger partial charge in [-0.25, -0.2) is 0 Å². The molecule has 2 nitrogen and oxygen atoms in total. The van der Waals surface area contributed by atoms with Crippen molar-refractivity contribution < 1.29 is 9.22 Å². The normalized spacial score (nSPS) is 49.9. The Hall–Kier alpha value is -0.153. The minimum absolute atomic E-state index is 0.300. The van der Waals surface area contributed by atoms with Crippen molar-refractivity contribution in [2.45, 2.75) is 104 Å². The highest BCUT2D eigenvalue weighted by Crippen LogP contribution is 2.67. The maximum Gasteiger partial charge on any atom is 0.184 e. The third-order valence-corrected chi connectivity index (χ3v) is 10.7. The molecule has 0 heterocycles. The predicted octanol–water partition coefficient (Wildman–Crippen LogP) is 6.45. The summed E-state index contributed by atoms with van der Waals surface area (Å²) in [4.78, 5) is 12.3. The second-order valence-corrected chi connectivity index (χ2v) is 16.5. The molecule has 4 fully saturated rings. The van der Waals surface area contributed by atoms with Crippen LogP contribution in [0.4, 0.5) is 0 Å². The van der Waals surface area contributed by atoms with Crippen LogP contribution in [0.15, 0.2) is 0 Å². The first kappa shape index (κ1) is 20.1. The zero-order valence-electron chi connectivity index (χ0n) is 18.6. The Morgan fingerprint density at radius 1 is 0.889 bits per heavy atom. The average Bonchev–Trinajstić information content (AvgIpc) is 2.91. The van der Waals surface area contributed by atoms with Crippen LogP contribution in [0.3, 0.4) is 0 Å². The molecule has 4 saturated carbocycles. The second-order valence-electron chi connectivity index (χ2n) is 12.1. The molecular weight excluding hydrogens is 348 g/mol. The van der Waals surface area contributed by atoms with Gasteiger partial charge in [-0.3, -0.25) is 4.79 Å². The highest BCUT2D eigenvalue weighted by atomic mass is 28.4. The van der Waals surface area contributed by atoms with Crippen molar-refractivity contribution >= 4 is 14.1 Å². The van der Waals surface area contributed by atoms with Crippen LogP contribution in [0.2, 0.25) is 19.6 Å². The lowest BCUT2D eigenvalue weighted by atomic mass is 9.44. The summed E-state index contributed by atoms with van der Waals surface area (Å²) in [7, 11) is -1.44. The van der Waals surface area contributed by atoms with E-state index >= 15 is 0 Å². The van der Waals surface area contributed by atoms with Crippen LogP contribution in [0.5, 0.6) is 0 Å². The topological polar surface area (TPSA) is 26.3 Å². The average molecular weight is 391 g/mol. The van der Waals surface area contributed by atoms with E-state index in [4.69, 9.17) is 4.43 Å². The van der Waals surface area contributed by atoms with E-state index < -0.39 is 8.32 Å². The maximum absolute atomic E-state index is 12.3. The molecule has 0 amide bonds. The molecule has 4 rings (SSSR count). The Morgan fingerprint density at radius 2 is 1.56 bits per heavy atom. The maximum atomic E-state index is 12.3. The quantitative estimate of drug-likeness (QED) is 0.517. The largest absolute Gasteiger partial charge is 0.415 e. The van der Waals surface area contributed by atoms with Crippen LogP contribution in [0.1, 0.15) is 78.6 Å². The van der Waals surface area contributed by atoms with E-state index in [1.165, 1.54) is 51.4 Å². The van der Waals surface area contributed by atoms with Gasteiger partial charge in [0.2, 0.25) is 0 Å². The summed E-state index contributed by atoms with van der Waals surface area (Å²) in [5.41, 5.74) is 0.826. The van der Waals surface area contributed by atoms with Gasteiger partial charge in [0, 0.05) is 12.0 Å². The molecule has 0 saturated heterocycles. The highest BCUT2D eigenvalue weighted by molar-refractivity contribution is 6.69. The van der Waals surface area contributed by atoms with E-state index in [-0.39, 0.29) is 0 Å². The van der Waals surface area contributed by atoms with Gasteiger partial charge < -0.3 is 4.43 Å². The van der Waals surface area contributed by atoms with E-state index in [0.717, 1.165) is 30.1 Å². The number of carbonyl (C=O) groups is 1. The van der Waals surface area contributed by atoms with Crippen LogP contribution in [-0.2, 0) is 9.22 Å². The highest BCUT2D eigenvalue weighted by Gasteiger charge is 2.60. The van der Waals surface area contributed by atoms with Gasteiger partial charge in [-0.05, 0) is 119 Å². The number of rotatable bonds is 3. The summed E-state index contributed by atoms with van der Waals surface area (Å²) in [5.74, 6) is 4.25. The Kier molecular flexibility index (Phi) is 4.99. The number of hydrogen-bond donors (Lipinski definition) is 0. The van der Waals surface area contributed by atoms with Crippen LogP contribution in [0.25, 0.3) is 0 Å². The molecule has 0 N–H and O–H groups in total. The zero-order chi connectivity index (χ0) is 19.6. The van der Waals surface area contributed by atoms with Crippen molar-refractivity contribution in [2.75, 3.05) is 0 Å². The van der Waals surface area contributed by atoms with E-state index in [1.807, 2.05) is 6.92 Å². The molecule has 0 aromatic rings. The fourth-order valence-electron chi connectivity index (χ4n) is 8.49. The van der Waals surface area contributed by atoms with E-state index in [0.29, 0.717) is 28.6 Å². The standard InChI is InChI=1S/C24H42O2Si/c1-16(25)20-9-10-21-19-8-7-17-15-18(26-27(4,5)6)11-13-23(17,2)22(19)12-14-24(20,21)3/h17-22H,7-15H2,1-6H3/t17-,18-,19?,20+,21?,22?,23-,24+/m0/s1. The Bertz CT molecular complexity index is 596. The molecule has 0 bridgehead atoms. The summed E-state index contributed by atoms with van der Waals surface area (Å²) < 4.78 is 6.54. The molecule has 0 spiro atoms. The number of fused-ring (bicyclic) bond motifs is 5. The molecule has 4 aliphatic carbocycles. The first-order valence-corrected chi connectivity index (χ1v) is 15.1.